The molecule has 1 fully saturated rings. The molecular weight excluding hydrogens is 388 g/mol. The molecule has 1 aliphatic heterocycles. The van der Waals surface area contributed by atoms with Gasteiger partial charge in [0, 0.05) is 29.9 Å². The SMILES string of the molecule is CCCCCCOc1ccc(C(=O)Nc2cccc(C(=O)N3CCCCCC3)c2)cc1. The highest BCUT2D eigenvalue weighted by molar-refractivity contribution is 6.05. The molecule has 0 aromatic heterocycles. The van der Waals surface area contributed by atoms with Gasteiger partial charge in [0.05, 0.1) is 6.61 Å². The molecule has 1 heterocycles. The average Bonchev–Trinajstić information content (AvgIpc) is 3.09. The Morgan fingerprint density at radius 1 is 0.903 bits per heavy atom. The molecule has 0 atom stereocenters. The summed E-state index contributed by atoms with van der Waals surface area (Å²) in [6.45, 7) is 4.50. The lowest BCUT2D eigenvalue weighted by atomic mass is 10.1. The summed E-state index contributed by atoms with van der Waals surface area (Å²) in [5.74, 6) is 0.616. The van der Waals surface area contributed by atoms with E-state index in [1.807, 2.05) is 35.2 Å². The Balaban J connectivity index is 1.55. The molecule has 0 spiro atoms. The van der Waals surface area contributed by atoms with E-state index >= 15 is 0 Å². The monoisotopic (exact) mass is 422 g/mol. The Labute approximate surface area is 185 Å². The predicted octanol–water partition coefficient (Wildman–Crippen LogP) is 5.91. The molecule has 3 rings (SSSR count). The fourth-order valence-corrected chi connectivity index (χ4v) is 3.81. The smallest absolute Gasteiger partial charge is 0.255 e. The van der Waals surface area contributed by atoms with Gasteiger partial charge >= 0.3 is 0 Å². The van der Waals surface area contributed by atoms with Gasteiger partial charge in [-0.25, -0.2) is 0 Å². The van der Waals surface area contributed by atoms with E-state index in [0.717, 1.165) is 38.1 Å². The maximum absolute atomic E-state index is 12.8. The van der Waals surface area contributed by atoms with Crippen molar-refractivity contribution in [1.82, 2.24) is 4.90 Å². The molecule has 2 amide bonds. The number of nitrogens with zero attached hydrogens (tertiary/aromatic N) is 1. The fraction of sp³-hybridized carbons (Fsp3) is 0.462. The van der Waals surface area contributed by atoms with Gasteiger partial charge < -0.3 is 15.0 Å². The summed E-state index contributed by atoms with van der Waals surface area (Å²) in [6, 6.07) is 14.4. The van der Waals surface area contributed by atoms with Gasteiger partial charge in [0.1, 0.15) is 5.75 Å². The minimum absolute atomic E-state index is 0.0402. The van der Waals surface area contributed by atoms with E-state index in [-0.39, 0.29) is 11.8 Å². The van der Waals surface area contributed by atoms with E-state index < -0.39 is 0 Å². The first kappa shape index (κ1) is 22.9. The number of hydrogen-bond acceptors (Lipinski definition) is 3. The maximum Gasteiger partial charge on any atom is 0.255 e. The number of carbonyl (C=O) groups is 2. The van der Waals surface area contributed by atoms with E-state index in [1.54, 1.807) is 18.2 Å². The average molecular weight is 423 g/mol. The van der Waals surface area contributed by atoms with Crippen LogP contribution >= 0.6 is 0 Å². The standard InChI is InChI=1S/C26H34N2O3/c1-2-3-4-9-19-31-24-15-13-21(14-16-24)25(29)27-23-12-10-11-22(20-23)26(30)28-17-7-5-6-8-18-28/h10-16,20H,2-9,17-19H2,1H3,(H,27,29). The van der Waals surface area contributed by atoms with Gasteiger partial charge in [-0.1, -0.05) is 45.1 Å². The Bertz CT molecular complexity index is 840. The topological polar surface area (TPSA) is 58.6 Å². The van der Waals surface area contributed by atoms with Gasteiger partial charge in [-0.05, 0) is 61.7 Å². The number of anilines is 1. The first-order valence-corrected chi connectivity index (χ1v) is 11.6. The molecule has 1 aliphatic rings. The number of nitrogens with one attached hydrogen (secondary N) is 1. The zero-order valence-electron chi connectivity index (χ0n) is 18.6. The number of benzene rings is 2. The van der Waals surface area contributed by atoms with Crippen LogP contribution in [0, 0.1) is 0 Å². The van der Waals surface area contributed by atoms with E-state index in [1.165, 1.54) is 32.1 Å². The van der Waals surface area contributed by atoms with Crippen LogP contribution in [0.25, 0.3) is 0 Å². The van der Waals surface area contributed by atoms with E-state index in [2.05, 4.69) is 12.2 Å². The van der Waals surface area contributed by atoms with Crippen LogP contribution in [0.1, 0.15) is 79.0 Å². The van der Waals surface area contributed by atoms with Crippen LogP contribution in [0.2, 0.25) is 0 Å². The van der Waals surface area contributed by atoms with Crippen molar-refractivity contribution < 1.29 is 14.3 Å². The second kappa shape index (κ2) is 12.1. The van der Waals surface area contributed by atoms with Crippen LogP contribution in [-0.4, -0.2) is 36.4 Å². The van der Waals surface area contributed by atoms with E-state index in [0.29, 0.717) is 23.4 Å². The lowest BCUT2D eigenvalue weighted by molar-refractivity contribution is 0.0761. The highest BCUT2D eigenvalue weighted by Gasteiger charge is 2.18. The summed E-state index contributed by atoms with van der Waals surface area (Å²) >= 11 is 0. The lowest BCUT2D eigenvalue weighted by Crippen LogP contribution is -2.31. The zero-order chi connectivity index (χ0) is 21.9. The highest BCUT2D eigenvalue weighted by atomic mass is 16.5. The first-order valence-electron chi connectivity index (χ1n) is 11.6. The molecule has 2 aromatic carbocycles. The van der Waals surface area contributed by atoms with Crippen LogP contribution in [-0.2, 0) is 0 Å². The minimum Gasteiger partial charge on any atom is -0.494 e. The molecule has 166 valence electrons. The summed E-state index contributed by atoms with van der Waals surface area (Å²) in [4.78, 5) is 27.4. The number of rotatable bonds is 9. The van der Waals surface area contributed by atoms with Crippen LogP contribution in [0.15, 0.2) is 48.5 Å². The van der Waals surface area contributed by atoms with Crippen LogP contribution in [0.5, 0.6) is 5.75 Å². The molecule has 31 heavy (non-hydrogen) atoms. The highest BCUT2D eigenvalue weighted by Crippen LogP contribution is 2.18. The van der Waals surface area contributed by atoms with Crippen molar-refractivity contribution in [2.24, 2.45) is 0 Å². The number of likely N-dealkylation sites (tertiary alicyclic amines) is 1. The molecule has 0 unspecified atom stereocenters. The number of ether oxygens (including phenoxy) is 1. The third-order valence-electron chi connectivity index (χ3n) is 5.64. The predicted molar refractivity (Wildman–Crippen MR) is 125 cm³/mol. The third-order valence-corrected chi connectivity index (χ3v) is 5.64. The summed E-state index contributed by atoms with van der Waals surface area (Å²) < 4.78 is 5.74. The molecule has 5 nitrogen and oxygen atoms in total. The molecule has 1 saturated heterocycles. The van der Waals surface area contributed by atoms with Crippen molar-refractivity contribution in [2.75, 3.05) is 25.0 Å². The van der Waals surface area contributed by atoms with Crippen LogP contribution in [0.4, 0.5) is 5.69 Å². The summed E-state index contributed by atoms with van der Waals surface area (Å²) in [5, 5.41) is 2.90. The summed E-state index contributed by atoms with van der Waals surface area (Å²) in [7, 11) is 0. The second-order valence-corrected chi connectivity index (χ2v) is 8.17. The lowest BCUT2D eigenvalue weighted by Gasteiger charge is -2.20. The normalized spacial score (nSPS) is 14.0. The molecule has 1 N–H and O–H groups in total. The molecular formula is C26H34N2O3. The Morgan fingerprint density at radius 3 is 2.35 bits per heavy atom. The van der Waals surface area contributed by atoms with Gasteiger partial charge in [0.2, 0.25) is 0 Å². The van der Waals surface area contributed by atoms with E-state index in [9.17, 15) is 9.59 Å². The molecule has 0 aliphatic carbocycles. The summed E-state index contributed by atoms with van der Waals surface area (Å²) in [5.41, 5.74) is 1.80. The van der Waals surface area contributed by atoms with Crippen molar-refractivity contribution in [1.29, 1.82) is 0 Å². The molecule has 5 heteroatoms. The van der Waals surface area contributed by atoms with E-state index in [4.69, 9.17) is 4.74 Å². The third kappa shape index (κ3) is 7.12. The van der Waals surface area contributed by atoms with Gasteiger partial charge in [-0.2, -0.15) is 0 Å². The van der Waals surface area contributed by atoms with Gasteiger partial charge in [0.25, 0.3) is 11.8 Å². The second-order valence-electron chi connectivity index (χ2n) is 8.17. The van der Waals surface area contributed by atoms with Gasteiger partial charge in [-0.15, -0.1) is 0 Å². The van der Waals surface area contributed by atoms with Gasteiger partial charge in [0.15, 0.2) is 0 Å². The number of amides is 2. The molecule has 0 bridgehead atoms. The van der Waals surface area contributed by atoms with Crippen molar-refractivity contribution in [3.63, 3.8) is 0 Å². The Hall–Kier alpha value is -2.82. The van der Waals surface area contributed by atoms with Crippen LogP contribution < -0.4 is 10.1 Å². The van der Waals surface area contributed by atoms with Crippen molar-refractivity contribution in [3.05, 3.63) is 59.7 Å². The number of hydrogen-bond donors (Lipinski definition) is 1. The van der Waals surface area contributed by atoms with Crippen molar-refractivity contribution in [3.8, 4) is 5.75 Å². The van der Waals surface area contributed by atoms with Gasteiger partial charge in [-0.3, -0.25) is 9.59 Å². The van der Waals surface area contributed by atoms with Crippen LogP contribution in [0.3, 0.4) is 0 Å². The quantitative estimate of drug-likeness (QED) is 0.511. The molecule has 0 radical (unpaired) electrons. The Morgan fingerprint density at radius 2 is 1.65 bits per heavy atom. The largest absolute Gasteiger partial charge is 0.494 e. The number of unbranched alkanes of at least 4 members (excludes halogenated alkanes) is 3. The minimum atomic E-state index is -0.200. The van der Waals surface area contributed by atoms with Crippen molar-refractivity contribution in [2.45, 2.75) is 58.3 Å². The molecule has 2 aromatic rings. The fourth-order valence-electron chi connectivity index (χ4n) is 3.81. The zero-order valence-corrected chi connectivity index (χ0v) is 18.6. The molecule has 0 saturated carbocycles. The van der Waals surface area contributed by atoms with Crippen molar-refractivity contribution >= 4 is 17.5 Å². The summed E-state index contributed by atoms with van der Waals surface area (Å²) in [6.07, 6.45) is 9.14. The Kier molecular flexibility index (Phi) is 8.95. The maximum atomic E-state index is 12.8. The first-order chi connectivity index (χ1) is 15.2. The number of carbonyl (C=O) groups excluding carboxylic acids is 2.